The molecule has 1 fully saturated rings. The van der Waals surface area contributed by atoms with Crippen LogP contribution in [0.15, 0.2) is 42.7 Å². The lowest BCUT2D eigenvalue weighted by molar-refractivity contribution is 0.343. The standard InChI is InChI=1S/C26H28FN5O/c1-17-3-5-22-24(31(17)2)7-6-21(19-15-30-32(16-19)20-9-11-29-12-10-20)26(22)33-25-8-4-18(14-28)13-23(25)27/h4,6-8,13,15-17,20,29H,3,5,9-12H2,1-2H3. The second kappa shape index (κ2) is 8.87. The van der Waals surface area contributed by atoms with Crippen molar-refractivity contribution in [2.24, 2.45) is 0 Å². The van der Waals surface area contributed by atoms with Crippen molar-refractivity contribution in [3.63, 3.8) is 0 Å². The maximum Gasteiger partial charge on any atom is 0.167 e. The second-order valence-corrected chi connectivity index (χ2v) is 8.99. The Morgan fingerprint density at radius 3 is 2.76 bits per heavy atom. The molecule has 1 unspecified atom stereocenters. The minimum atomic E-state index is -0.541. The Hall–Kier alpha value is -3.37. The van der Waals surface area contributed by atoms with Crippen molar-refractivity contribution in [1.82, 2.24) is 15.1 Å². The molecule has 1 aromatic heterocycles. The number of nitriles is 1. The summed E-state index contributed by atoms with van der Waals surface area (Å²) in [4.78, 5) is 2.25. The summed E-state index contributed by atoms with van der Waals surface area (Å²) in [5.41, 5.74) is 4.31. The Morgan fingerprint density at radius 2 is 2.00 bits per heavy atom. The van der Waals surface area contributed by atoms with Gasteiger partial charge in [0.25, 0.3) is 0 Å². The van der Waals surface area contributed by atoms with Gasteiger partial charge >= 0.3 is 0 Å². The van der Waals surface area contributed by atoms with Crippen LogP contribution in [0.2, 0.25) is 0 Å². The molecule has 0 spiro atoms. The van der Waals surface area contributed by atoms with E-state index in [1.54, 1.807) is 6.07 Å². The van der Waals surface area contributed by atoms with E-state index in [0.717, 1.165) is 61.2 Å². The highest BCUT2D eigenvalue weighted by Gasteiger charge is 2.27. The zero-order chi connectivity index (χ0) is 22.9. The van der Waals surface area contributed by atoms with E-state index in [-0.39, 0.29) is 11.3 Å². The fourth-order valence-electron chi connectivity index (χ4n) is 4.83. The van der Waals surface area contributed by atoms with Crippen LogP contribution in [-0.4, -0.2) is 36.0 Å². The average molecular weight is 446 g/mol. The molecule has 0 amide bonds. The van der Waals surface area contributed by atoms with Crippen molar-refractivity contribution in [1.29, 1.82) is 5.26 Å². The number of rotatable bonds is 4. The predicted octanol–water partition coefficient (Wildman–Crippen LogP) is 5.05. The number of hydrogen-bond donors (Lipinski definition) is 1. The van der Waals surface area contributed by atoms with Crippen LogP contribution in [0, 0.1) is 17.1 Å². The summed E-state index contributed by atoms with van der Waals surface area (Å²) in [6.07, 6.45) is 7.90. The molecule has 170 valence electrons. The van der Waals surface area contributed by atoms with Gasteiger partial charge in [-0.3, -0.25) is 4.68 Å². The molecular formula is C26H28FN5O. The zero-order valence-electron chi connectivity index (χ0n) is 19.0. The number of piperidine rings is 1. The van der Waals surface area contributed by atoms with Crippen LogP contribution in [0.25, 0.3) is 11.1 Å². The number of nitrogens with zero attached hydrogens (tertiary/aromatic N) is 4. The molecule has 0 aliphatic carbocycles. The molecule has 33 heavy (non-hydrogen) atoms. The third-order valence-corrected chi connectivity index (χ3v) is 6.96. The summed E-state index contributed by atoms with van der Waals surface area (Å²) < 4.78 is 23.1. The van der Waals surface area contributed by atoms with Gasteiger partial charge in [-0.2, -0.15) is 10.4 Å². The van der Waals surface area contributed by atoms with E-state index in [2.05, 4.69) is 46.2 Å². The van der Waals surface area contributed by atoms with Crippen molar-refractivity contribution in [2.45, 2.75) is 44.7 Å². The number of ether oxygens (including phenoxy) is 1. The van der Waals surface area contributed by atoms with Crippen LogP contribution in [0.5, 0.6) is 11.5 Å². The van der Waals surface area contributed by atoms with Crippen LogP contribution in [0.1, 0.15) is 43.4 Å². The first-order chi connectivity index (χ1) is 16.0. The molecule has 0 bridgehead atoms. The van der Waals surface area contributed by atoms with E-state index in [1.165, 1.54) is 12.1 Å². The van der Waals surface area contributed by atoms with Gasteiger partial charge in [0.2, 0.25) is 0 Å². The fourth-order valence-corrected chi connectivity index (χ4v) is 4.83. The lowest BCUT2D eigenvalue weighted by Crippen LogP contribution is -2.33. The smallest absolute Gasteiger partial charge is 0.167 e. The molecule has 5 rings (SSSR count). The molecule has 2 aliphatic rings. The zero-order valence-corrected chi connectivity index (χ0v) is 19.0. The highest BCUT2D eigenvalue weighted by atomic mass is 19.1. The molecule has 0 radical (unpaired) electrons. The molecule has 1 atom stereocenters. The first kappa shape index (κ1) is 21.5. The lowest BCUT2D eigenvalue weighted by Gasteiger charge is -2.35. The van der Waals surface area contributed by atoms with Crippen LogP contribution < -0.4 is 15.0 Å². The number of aromatic nitrogens is 2. The molecule has 2 aliphatic heterocycles. The van der Waals surface area contributed by atoms with Gasteiger partial charge in [0.15, 0.2) is 11.6 Å². The maximum absolute atomic E-state index is 14.8. The number of nitrogens with one attached hydrogen (secondary N) is 1. The molecular weight excluding hydrogens is 417 g/mol. The summed E-state index contributed by atoms with van der Waals surface area (Å²) >= 11 is 0. The largest absolute Gasteiger partial charge is 0.453 e. The summed E-state index contributed by atoms with van der Waals surface area (Å²) in [7, 11) is 2.09. The van der Waals surface area contributed by atoms with Crippen LogP contribution in [0.4, 0.5) is 10.1 Å². The van der Waals surface area contributed by atoms with Crippen LogP contribution >= 0.6 is 0 Å². The molecule has 1 N–H and O–H groups in total. The minimum Gasteiger partial charge on any atom is -0.453 e. The van der Waals surface area contributed by atoms with Crippen molar-refractivity contribution in [3.05, 3.63) is 59.7 Å². The number of hydrogen-bond acceptors (Lipinski definition) is 5. The number of benzene rings is 2. The Labute approximate surface area is 193 Å². The van der Waals surface area contributed by atoms with E-state index < -0.39 is 5.82 Å². The first-order valence-electron chi connectivity index (χ1n) is 11.6. The molecule has 3 aromatic rings. The molecule has 7 heteroatoms. The van der Waals surface area contributed by atoms with Gasteiger partial charge in [0.1, 0.15) is 5.75 Å². The van der Waals surface area contributed by atoms with E-state index >= 15 is 0 Å². The van der Waals surface area contributed by atoms with Gasteiger partial charge in [-0.1, -0.05) is 0 Å². The topological polar surface area (TPSA) is 66.1 Å². The van der Waals surface area contributed by atoms with Gasteiger partial charge < -0.3 is 15.0 Å². The number of fused-ring (bicyclic) bond motifs is 1. The van der Waals surface area contributed by atoms with Gasteiger partial charge in [-0.05, 0) is 76.0 Å². The lowest BCUT2D eigenvalue weighted by atomic mass is 9.92. The van der Waals surface area contributed by atoms with Gasteiger partial charge in [0, 0.05) is 41.7 Å². The van der Waals surface area contributed by atoms with E-state index in [1.807, 2.05) is 18.3 Å². The van der Waals surface area contributed by atoms with E-state index in [4.69, 9.17) is 10.00 Å². The third-order valence-electron chi connectivity index (χ3n) is 6.96. The molecule has 2 aromatic carbocycles. The Morgan fingerprint density at radius 1 is 1.18 bits per heavy atom. The highest BCUT2D eigenvalue weighted by molar-refractivity contribution is 5.78. The quantitative estimate of drug-likeness (QED) is 0.609. The normalized spacial score (nSPS) is 18.6. The van der Waals surface area contributed by atoms with Crippen molar-refractivity contribution in [2.75, 3.05) is 25.0 Å². The van der Waals surface area contributed by atoms with Crippen molar-refractivity contribution >= 4 is 5.69 Å². The summed E-state index contributed by atoms with van der Waals surface area (Å²) in [5.74, 6) is 0.246. The molecule has 1 saturated heterocycles. The summed E-state index contributed by atoms with van der Waals surface area (Å²) in [6, 6.07) is 11.3. The van der Waals surface area contributed by atoms with Crippen LogP contribution in [0.3, 0.4) is 0 Å². The molecule has 6 nitrogen and oxygen atoms in total. The third kappa shape index (κ3) is 4.07. The highest BCUT2D eigenvalue weighted by Crippen LogP contribution is 2.44. The minimum absolute atomic E-state index is 0.121. The monoisotopic (exact) mass is 445 g/mol. The van der Waals surface area contributed by atoms with E-state index in [0.29, 0.717) is 17.8 Å². The van der Waals surface area contributed by atoms with Crippen molar-refractivity contribution in [3.8, 4) is 28.7 Å². The van der Waals surface area contributed by atoms with Gasteiger partial charge in [0.05, 0.1) is 23.9 Å². The average Bonchev–Trinajstić information content (AvgIpc) is 3.33. The van der Waals surface area contributed by atoms with Crippen molar-refractivity contribution < 1.29 is 9.13 Å². The van der Waals surface area contributed by atoms with Crippen LogP contribution in [-0.2, 0) is 6.42 Å². The Kier molecular flexibility index (Phi) is 5.77. The Bertz CT molecular complexity index is 1210. The number of anilines is 1. The molecule has 3 heterocycles. The second-order valence-electron chi connectivity index (χ2n) is 8.99. The summed E-state index contributed by atoms with van der Waals surface area (Å²) in [5, 5.41) is 17.1. The fraction of sp³-hybridized carbons (Fsp3) is 0.385. The van der Waals surface area contributed by atoms with E-state index in [9.17, 15) is 4.39 Å². The Balaban J connectivity index is 1.58. The van der Waals surface area contributed by atoms with Gasteiger partial charge in [-0.25, -0.2) is 4.39 Å². The number of halogens is 1. The summed E-state index contributed by atoms with van der Waals surface area (Å²) in [6.45, 7) is 4.20. The van der Waals surface area contributed by atoms with Gasteiger partial charge in [-0.15, -0.1) is 0 Å². The maximum atomic E-state index is 14.8. The predicted molar refractivity (Wildman–Crippen MR) is 126 cm³/mol. The SMILES string of the molecule is CC1CCc2c(ccc(-c3cnn(C4CCNCC4)c3)c2Oc2ccc(C#N)cc2F)N1C. The first-order valence-corrected chi connectivity index (χ1v) is 11.6. The molecule has 0 saturated carbocycles.